The lowest BCUT2D eigenvalue weighted by Gasteiger charge is -2.36. The molecule has 1 aliphatic heterocycles. The molecule has 1 aromatic carbocycles. The third kappa shape index (κ3) is 3.49. The number of hydrogen-bond acceptors (Lipinski definition) is 5. The molecule has 0 atom stereocenters. The number of nitrogens with zero attached hydrogens (tertiary/aromatic N) is 3. The zero-order chi connectivity index (χ0) is 18.1. The highest BCUT2D eigenvalue weighted by Crippen LogP contribution is 2.29. The van der Waals surface area contributed by atoms with Crippen LogP contribution >= 0.6 is 34.3 Å². The molecule has 0 N–H and O–H groups in total. The van der Waals surface area contributed by atoms with Crippen LogP contribution in [0.25, 0.3) is 9.88 Å². The minimum Gasteiger partial charge on any atom is -0.368 e. The van der Waals surface area contributed by atoms with Gasteiger partial charge in [-0.15, -0.1) is 22.7 Å². The van der Waals surface area contributed by atoms with Crippen LogP contribution in [0.1, 0.15) is 16.1 Å². The van der Waals surface area contributed by atoms with Crippen molar-refractivity contribution in [3.8, 4) is 9.88 Å². The van der Waals surface area contributed by atoms with Gasteiger partial charge in [0.1, 0.15) is 10.7 Å². The molecule has 26 heavy (non-hydrogen) atoms. The fraction of sp³-hybridized carbons (Fsp3) is 0.263. The first-order valence-corrected chi connectivity index (χ1v) is 10.6. The Morgan fingerprint density at radius 3 is 2.69 bits per heavy atom. The Hall–Kier alpha value is -1.89. The molecule has 1 fully saturated rings. The maximum absolute atomic E-state index is 12.8. The second-order valence-electron chi connectivity index (χ2n) is 6.23. The van der Waals surface area contributed by atoms with E-state index >= 15 is 0 Å². The Morgan fingerprint density at radius 2 is 1.96 bits per heavy atom. The third-order valence-electron chi connectivity index (χ3n) is 4.53. The zero-order valence-corrected chi connectivity index (χ0v) is 16.7. The highest BCUT2D eigenvalue weighted by molar-refractivity contribution is 7.20. The number of hydrogen-bond donors (Lipinski definition) is 0. The molecule has 7 heteroatoms. The molecule has 2 aromatic heterocycles. The van der Waals surface area contributed by atoms with Crippen molar-refractivity contribution < 1.29 is 4.79 Å². The maximum Gasteiger partial charge on any atom is 0.273 e. The molecule has 0 saturated carbocycles. The van der Waals surface area contributed by atoms with E-state index in [1.807, 2.05) is 46.0 Å². The fourth-order valence-corrected chi connectivity index (χ4v) is 4.90. The van der Waals surface area contributed by atoms with Crippen LogP contribution in [0.3, 0.4) is 0 Å². The van der Waals surface area contributed by atoms with E-state index in [4.69, 9.17) is 11.6 Å². The van der Waals surface area contributed by atoms with Gasteiger partial charge in [0, 0.05) is 42.3 Å². The molecular weight excluding hydrogens is 386 g/mol. The average molecular weight is 404 g/mol. The van der Waals surface area contributed by atoms with Gasteiger partial charge in [-0.25, -0.2) is 4.98 Å². The SMILES string of the molecule is Cc1ccc(Cl)cc1N1CCN(C(=O)c2csc(-c3cccs3)n2)CC1. The van der Waals surface area contributed by atoms with Crippen molar-refractivity contribution in [2.45, 2.75) is 6.92 Å². The number of aryl methyl sites for hydroxylation is 1. The molecular formula is C19H18ClN3OS2. The Labute approximate surface area is 165 Å². The Balaban J connectivity index is 1.43. The average Bonchev–Trinajstić information content (AvgIpc) is 3.35. The molecule has 1 saturated heterocycles. The van der Waals surface area contributed by atoms with Gasteiger partial charge >= 0.3 is 0 Å². The van der Waals surface area contributed by atoms with E-state index in [0.29, 0.717) is 18.8 Å². The largest absolute Gasteiger partial charge is 0.368 e. The van der Waals surface area contributed by atoms with Gasteiger partial charge in [0.15, 0.2) is 0 Å². The maximum atomic E-state index is 12.8. The summed E-state index contributed by atoms with van der Waals surface area (Å²) in [5.74, 6) is 0.0199. The molecule has 4 nitrogen and oxygen atoms in total. The molecule has 1 amide bonds. The number of carbonyl (C=O) groups is 1. The molecule has 4 rings (SSSR count). The van der Waals surface area contributed by atoms with Gasteiger partial charge in [0.05, 0.1) is 4.88 Å². The van der Waals surface area contributed by atoms with E-state index in [9.17, 15) is 4.79 Å². The van der Waals surface area contributed by atoms with E-state index in [1.54, 1.807) is 11.3 Å². The number of thiazole rings is 1. The van der Waals surface area contributed by atoms with Gasteiger partial charge in [-0.05, 0) is 36.1 Å². The predicted octanol–water partition coefficient (Wildman–Crippen LogP) is 4.80. The first kappa shape index (κ1) is 17.5. The van der Waals surface area contributed by atoms with Crippen LogP contribution in [0.15, 0.2) is 41.1 Å². The highest BCUT2D eigenvalue weighted by Gasteiger charge is 2.25. The summed E-state index contributed by atoms with van der Waals surface area (Å²) in [7, 11) is 0. The number of thiophene rings is 1. The Bertz CT molecular complexity index is 915. The van der Waals surface area contributed by atoms with Crippen LogP contribution in [0.4, 0.5) is 5.69 Å². The molecule has 3 aromatic rings. The predicted molar refractivity (Wildman–Crippen MR) is 110 cm³/mol. The van der Waals surface area contributed by atoms with Crippen LogP contribution in [0, 0.1) is 6.92 Å². The summed E-state index contributed by atoms with van der Waals surface area (Å²) in [6.07, 6.45) is 0. The van der Waals surface area contributed by atoms with E-state index in [-0.39, 0.29) is 5.91 Å². The van der Waals surface area contributed by atoms with Crippen LogP contribution in [-0.2, 0) is 0 Å². The topological polar surface area (TPSA) is 36.4 Å². The molecule has 1 aliphatic rings. The standard InChI is InChI=1S/C19H18ClN3OS2/c1-13-4-5-14(20)11-16(13)22-6-8-23(9-7-22)19(24)15-12-26-18(21-15)17-3-2-10-25-17/h2-5,10-12H,6-9H2,1H3. The van der Waals surface area contributed by atoms with Crippen molar-refractivity contribution in [2.24, 2.45) is 0 Å². The van der Waals surface area contributed by atoms with Crippen LogP contribution in [0.5, 0.6) is 0 Å². The lowest BCUT2D eigenvalue weighted by molar-refractivity contribution is 0.0742. The minimum absolute atomic E-state index is 0.0199. The van der Waals surface area contributed by atoms with Crippen molar-refractivity contribution in [3.63, 3.8) is 0 Å². The number of rotatable bonds is 3. The van der Waals surface area contributed by atoms with E-state index < -0.39 is 0 Å². The zero-order valence-electron chi connectivity index (χ0n) is 14.3. The summed E-state index contributed by atoms with van der Waals surface area (Å²) >= 11 is 9.31. The quantitative estimate of drug-likeness (QED) is 0.630. The van der Waals surface area contributed by atoms with E-state index in [2.05, 4.69) is 16.8 Å². The number of benzene rings is 1. The van der Waals surface area contributed by atoms with Crippen molar-refractivity contribution in [1.29, 1.82) is 0 Å². The second-order valence-corrected chi connectivity index (χ2v) is 8.47. The van der Waals surface area contributed by atoms with Gasteiger partial charge in [-0.2, -0.15) is 0 Å². The summed E-state index contributed by atoms with van der Waals surface area (Å²) in [6.45, 7) is 5.07. The van der Waals surface area contributed by atoms with Crippen molar-refractivity contribution in [2.75, 3.05) is 31.1 Å². The normalized spacial score (nSPS) is 14.7. The number of piperazine rings is 1. The van der Waals surface area contributed by atoms with Gasteiger partial charge in [0.25, 0.3) is 5.91 Å². The lowest BCUT2D eigenvalue weighted by atomic mass is 10.1. The molecule has 134 valence electrons. The lowest BCUT2D eigenvalue weighted by Crippen LogP contribution is -2.49. The van der Waals surface area contributed by atoms with Crippen LogP contribution in [0.2, 0.25) is 5.02 Å². The molecule has 0 bridgehead atoms. The highest BCUT2D eigenvalue weighted by atomic mass is 35.5. The van der Waals surface area contributed by atoms with E-state index in [1.165, 1.54) is 16.9 Å². The molecule has 0 unspecified atom stereocenters. The summed E-state index contributed by atoms with van der Waals surface area (Å²) in [5.41, 5.74) is 2.90. The van der Waals surface area contributed by atoms with Gasteiger partial charge in [0.2, 0.25) is 0 Å². The molecule has 0 radical (unpaired) electrons. The first-order valence-electron chi connectivity index (χ1n) is 8.41. The van der Waals surface area contributed by atoms with Crippen molar-refractivity contribution in [3.05, 3.63) is 57.4 Å². The van der Waals surface area contributed by atoms with E-state index in [0.717, 1.165) is 33.7 Å². The summed E-state index contributed by atoms with van der Waals surface area (Å²) in [4.78, 5) is 22.6. The number of aromatic nitrogens is 1. The van der Waals surface area contributed by atoms with Crippen LogP contribution < -0.4 is 4.90 Å². The van der Waals surface area contributed by atoms with Crippen molar-refractivity contribution in [1.82, 2.24) is 9.88 Å². The number of amides is 1. The number of halogens is 1. The minimum atomic E-state index is 0.0199. The number of carbonyl (C=O) groups excluding carboxylic acids is 1. The monoisotopic (exact) mass is 403 g/mol. The molecule has 0 spiro atoms. The second kappa shape index (κ2) is 7.39. The number of anilines is 1. The summed E-state index contributed by atoms with van der Waals surface area (Å²) < 4.78 is 0. The van der Waals surface area contributed by atoms with Gasteiger partial charge < -0.3 is 9.80 Å². The third-order valence-corrected chi connectivity index (χ3v) is 6.65. The smallest absolute Gasteiger partial charge is 0.273 e. The van der Waals surface area contributed by atoms with Gasteiger partial charge in [-0.1, -0.05) is 23.7 Å². The molecule has 0 aliphatic carbocycles. The van der Waals surface area contributed by atoms with Gasteiger partial charge in [-0.3, -0.25) is 4.79 Å². The van der Waals surface area contributed by atoms with Crippen LogP contribution in [-0.4, -0.2) is 42.0 Å². The molecule has 3 heterocycles. The van der Waals surface area contributed by atoms with Crippen molar-refractivity contribution >= 4 is 45.9 Å². The fourth-order valence-electron chi connectivity index (χ4n) is 3.12. The summed E-state index contributed by atoms with van der Waals surface area (Å²) in [6, 6.07) is 9.98. The Kier molecular flexibility index (Phi) is 4.98. The summed E-state index contributed by atoms with van der Waals surface area (Å²) in [5, 5.41) is 5.55. The first-order chi connectivity index (χ1) is 12.6. The Morgan fingerprint density at radius 1 is 1.15 bits per heavy atom.